The molecule has 2 rings (SSSR count). The minimum atomic E-state index is -3.13. The van der Waals surface area contributed by atoms with Crippen molar-refractivity contribution >= 4 is 15.9 Å². The third-order valence-corrected chi connectivity index (χ3v) is 5.40. The Kier molecular flexibility index (Phi) is 4.24. The van der Waals surface area contributed by atoms with E-state index in [4.69, 9.17) is 4.74 Å². The number of rotatable bonds is 3. The predicted molar refractivity (Wildman–Crippen MR) is 66.6 cm³/mol. The number of carbonyl (C=O) groups excluding carboxylic acids is 1. The summed E-state index contributed by atoms with van der Waals surface area (Å²) in [5.74, 6) is 0.133. The summed E-state index contributed by atoms with van der Waals surface area (Å²) in [6, 6.07) is 0. The average molecular weight is 276 g/mol. The van der Waals surface area contributed by atoms with Crippen molar-refractivity contribution in [2.75, 3.05) is 38.5 Å². The quantitative estimate of drug-likeness (QED) is 0.707. The van der Waals surface area contributed by atoms with Gasteiger partial charge in [0.2, 0.25) is 10.0 Å². The molecule has 0 spiro atoms. The van der Waals surface area contributed by atoms with Crippen molar-refractivity contribution < 1.29 is 17.9 Å². The van der Waals surface area contributed by atoms with Crippen LogP contribution in [0.5, 0.6) is 0 Å². The molecular formula is C11H20N2O4S. The highest BCUT2D eigenvalue weighted by Gasteiger charge is 2.32. The molecule has 2 heterocycles. The van der Waals surface area contributed by atoms with E-state index < -0.39 is 10.0 Å². The molecule has 7 heteroatoms. The Bertz CT molecular complexity index is 395. The first-order chi connectivity index (χ1) is 8.54. The van der Waals surface area contributed by atoms with Crippen molar-refractivity contribution in [1.29, 1.82) is 0 Å². The average Bonchev–Trinajstić information content (AvgIpc) is 2.92. The Labute approximate surface area is 108 Å². The second-order valence-corrected chi connectivity index (χ2v) is 6.88. The van der Waals surface area contributed by atoms with Crippen LogP contribution in [0.2, 0.25) is 0 Å². The lowest BCUT2D eigenvalue weighted by Crippen LogP contribution is -2.53. The van der Waals surface area contributed by atoms with Gasteiger partial charge >= 0.3 is 0 Å². The molecule has 0 aromatic heterocycles. The highest BCUT2D eigenvalue weighted by atomic mass is 32.2. The Balaban J connectivity index is 1.88. The van der Waals surface area contributed by atoms with Gasteiger partial charge in [0.05, 0.1) is 5.75 Å². The van der Waals surface area contributed by atoms with Crippen LogP contribution in [0.1, 0.15) is 19.8 Å². The first kappa shape index (κ1) is 13.8. The standard InChI is InChI=1S/C11H20N2O4S/c1-2-18(15,16)13-7-5-12(6-8-13)11(14)10-4-3-9-17-10/h10H,2-9H2,1H3/t10-/m1/s1. The van der Waals surface area contributed by atoms with Crippen molar-refractivity contribution in [2.45, 2.75) is 25.9 Å². The van der Waals surface area contributed by atoms with Crippen molar-refractivity contribution in [2.24, 2.45) is 0 Å². The van der Waals surface area contributed by atoms with Gasteiger partial charge in [-0.25, -0.2) is 8.42 Å². The SMILES string of the molecule is CCS(=O)(=O)N1CCN(C(=O)[C@H]2CCCO2)CC1. The minimum absolute atomic E-state index is 0.0149. The van der Waals surface area contributed by atoms with Crippen molar-refractivity contribution in [3.8, 4) is 0 Å². The molecule has 0 unspecified atom stereocenters. The Hall–Kier alpha value is -0.660. The number of nitrogens with zero attached hydrogens (tertiary/aromatic N) is 2. The summed E-state index contributed by atoms with van der Waals surface area (Å²) >= 11 is 0. The van der Waals surface area contributed by atoms with E-state index in [0.29, 0.717) is 32.8 Å². The van der Waals surface area contributed by atoms with E-state index in [1.165, 1.54) is 4.31 Å². The van der Waals surface area contributed by atoms with Gasteiger partial charge in [-0.05, 0) is 19.8 Å². The summed E-state index contributed by atoms with van der Waals surface area (Å²) in [5, 5.41) is 0. The number of sulfonamides is 1. The van der Waals surface area contributed by atoms with E-state index in [2.05, 4.69) is 0 Å². The maximum Gasteiger partial charge on any atom is 0.251 e. The second-order valence-electron chi connectivity index (χ2n) is 4.63. The third-order valence-electron chi connectivity index (χ3n) is 3.51. The van der Waals surface area contributed by atoms with E-state index >= 15 is 0 Å². The molecule has 2 saturated heterocycles. The molecule has 18 heavy (non-hydrogen) atoms. The lowest BCUT2D eigenvalue weighted by molar-refractivity contribution is -0.142. The van der Waals surface area contributed by atoms with E-state index in [0.717, 1.165) is 12.8 Å². The molecule has 1 atom stereocenters. The molecule has 1 amide bonds. The highest BCUT2D eigenvalue weighted by molar-refractivity contribution is 7.89. The van der Waals surface area contributed by atoms with Gasteiger partial charge in [0.15, 0.2) is 0 Å². The molecule has 2 aliphatic rings. The minimum Gasteiger partial charge on any atom is -0.368 e. The molecule has 104 valence electrons. The topological polar surface area (TPSA) is 66.9 Å². The van der Waals surface area contributed by atoms with Crippen LogP contribution in [0.25, 0.3) is 0 Å². The zero-order chi connectivity index (χ0) is 13.2. The van der Waals surface area contributed by atoms with Gasteiger partial charge in [-0.15, -0.1) is 0 Å². The van der Waals surface area contributed by atoms with Crippen LogP contribution in [0, 0.1) is 0 Å². The van der Waals surface area contributed by atoms with Gasteiger partial charge in [-0.2, -0.15) is 4.31 Å². The van der Waals surface area contributed by atoms with Gasteiger partial charge in [-0.1, -0.05) is 0 Å². The first-order valence-electron chi connectivity index (χ1n) is 6.43. The van der Waals surface area contributed by atoms with Gasteiger partial charge in [-0.3, -0.25) is 4.79 Å². The van der Waals surface area contributed by atoms with E-state index in [9.17, 15) is 13.2 Å². The fraction of sp³-hybridized carbons (Fsp3) is 0.909. The molecule has 0 radical (unpaired) electrons. The monoisotopic (exact) mass is 276 g/mol. The summed E-state index contributed by atoms with van der Waals surface area (Å²) < 4.78 is 30.2. The second kappa shape index (κ2) is 5.54. The molecule has 0 bridgehead atoms. The van der Waals surface area contributed by atoms with Crippen LogP contribution < -0.4 is 0 Å². The molecule has 6 nitrogen and oxygen atoms in total. The number of hydrogen-bond donors (Lipinski definition) is 0. The molecule has 0 N–H and O–H groups in total. The van der Waals surface area contributed by atoms with Crippen LogP contribution in [0.3, 0.4) is 0 Å². The van der Waals surface area contributed by atoms with E-state index in [1.807, 2.05) is 0 Å². The fourth-order valence-corrected chi connectivity index (χ4v) is 3.43. The first-order valence-corrected chi connectivity index (χ1v) is 8.03. The lowest BCUT2D eigenvalue weighted by Gasteiger charge is -2.34. The number of carbonyl (C=O) groups is 1. The van der Waals surface area contributed by atoms with Gasteiger partial charge in [0, 0.05) is 32.8 Å². The molecule has 0 aromatic carbocycles. The van der Waals surface area contributed by atoms with Crippen LogP contribution in [0.15, 0.2) is 0 Å². The number of ether oxygens (including phenoxy) is 1. The molecular weight excluding hydrogens is 256 g/mol. The lowest BCUT2D eigenvalue weighted by atomic mass is 10.2. The summed E-state index contributed by atoms with van der Waals surface area (Å²) in [6.45, 7) is 4.03. The number of amides is 1. The van der Waals surface area contributed by atoms with Crippen LogP contribution in [-0.4, -0.2) is 68.2 Å². The van der Waals surface area contributed by atoms with Crippen LogP contribution in [0.4, 0.5) is 0 Å². The Morgan fingerprint density at radius 1 is 1.28 bits per heavy atom. The molecule has 0 aliphatic carbocycles. The van der Waals surface area contributed by atoms with Crippen LogP contribution in [-0.2, 0) is 19.6 Å². The smallest absolute Gasteiger partial charge is 0.251 e. The molecule has 0 saturated carbocycles. The maximum atomic E-state index is 12.1. The van der Waals surface area contributed by atoms with Gasteiger partial charge in [0.1, 0.15) is 6.10 Å². The van der Waals surface area contributed by atoms with Gasteiger partial charge in [0.25, 0.3) is 5.91 Å². The molecule has 2 aliphatic heterocycles. The zero-order valence-electron chi connectivity index (χ0n) is 10.7. The highest BCUT2D eigenvalue weighted by Crippen LogP contribution is 2.16. The summed E-state index contributed by atoms with van der Waals surface area (Å²) in [7, 11) is -3.13. The molecule has 2 fully saturated rings. The fourth-order valence-electron chi connectivity index (χ4n) is 2.35. The Morgan fingerprint density at radius 3 is 2.44 bits per heavy atom. The predicted octanol–water partition coefficient (Wildman–Crippen LogP) is -0.341. The number of hydrogen-bond acceptors (Lipinski definition) is 4. The summed E-state index contributed by atoms with van der Waals surface area (Å²) in [4.78, 5) is 13.8. The summed E-state index contributed by atoms with van der Waals surface area (Å²) in [6.07, 6.45) is 1.41. The Morgan fingerprint density at radius 2 is 1.94 bits per heavy atom. The van der Waals surface area contributed by atoms with Crippen LogP contribution >= 0.6 is 0 Å². The van der Waals surface area contributed by atoms with Crippen molar-refractivity contribution in [3.05, 3.63) is 0 Å². The normalized spacial score (nSPS) is 26.5. The summed E-state index contributed by atoms with van der Waals surface area (Å²) in [5.41, 5.74) is 0. The van der Waals surface area contributed by atoms with Gasteiger partial charge < -0.3 is 9.64 Å². The zero-order valence-corrected chi connectivity index (χ0v) is 11.5. The van der Waals surface area contributed by atoms with E-state index in [-0.39, 0.29) is 17.8 Å². The molecule has 0 aromatic rings. The van der Waals surface area contributed by atoms with Crippen molar-refractivity contribution in [3.63, 3.8) is 0 Å². The largest absolute Gasteiger partial charge is 0.368 e. The van der Waals surface area contributed by atoms with E-state index in [1.54, 1.807) is 11.8 Å². The van der Waals surface area contributed by atoms with Crippen molar-refractivity contribution in [1.82, 2.24) is 9.21 Å². The third kappa shape index (κ3) is 2.84. The number of piperazine rings is 1. The maximum absolute atomic E-state index is 12.1.